The van der Waals surface area contributed by atoms with Crippen molar-refractivity contribution in [2.45, 2.75) is 26.4 Å². The molecule has 0 N–H and O–H groups in total. The van der Waals surface area contributed by atoms with Crippen LogP contribution in [0.3, 0.4) is 0 Å². The number of hydrogen-bond acceptors (Lipinski definition) is 2. The Kier molecular flexibility index (Phi) is 2.02. The Labute approximate surface area is 63.2 Å². The van der Waals surface area contributed by atoms with Gasteiger partial charge in [0, 0.05) is 6.54 Å². The predicted molar refractivity (Wildman–Crippen MR) is 41.8 cm³/mol. The van der Waals surface area contributed by atoms with Crippen molar-refractivity contribution in [1.82, 2.24) is 4.90 Å². The first-order valence-corrected chi connectivity index (χ1v) is 3.85. The molecule has 1 atom stereocenters. The summed E-state index contributed by atoms with van der Waals surface area (Å²) in [5.41, 5.74) is 0.0759. The molecule has 1 aliphatic heterocycles. The van der Waals surface area contributed by atoms with Gasteiger partial charge < -0.3 is 4.74 Å². The molecule has 0 amide bonds. The van der Waals surface area contributed by atoms with Crippen molar-refractivity contribution in [3.05, 3.63) is 0 Å². The van der Waals surface area contributed by atoms with Gasteiger partial charge in [-0.15, -0.1) is 0 Å². The Morgan fingerprint density at radius 2 is 2.10 bits per heavy atom. The highest BCUT2D eigenvalue weighted by Crippen LogP contribution is 2.25. The van der Waals surface area contributed by atoms with Crippen LogP contribution in [0.4, 0.5) is 0 Å². The van der Waals surface area contributed by atoms with E-state index in [0.29, 0.717) is 5.92 Å². The predicted octanol–water partition coefficient (Wildman–Crippen LogP) is 1.32. The minimum atomic E-state index is 0.0759. The molecular formula is C8H17NO. The second kappa shape index (κ2) is 2.51. The maximum atomic E-state index is 5.62. The molecule has 0 aromatic heterocycles. The topological polar surface area (TPSA) is 12.5 Å². The lowest BCUT2D eigenvalue weighted by molar-refractivity contribution is -0.142. The van der Waals surface area contributed by atoms with E-state index in [9.17, 15) is 0 Å². The quantitative estimate of drug-likeness (QED) is 0.507. The molecule has 0 aromatic rings. The van der Waals surface area contributed by atoms with E-state index in [0.717, 1.165) is 13.3 Å². The fourth-order valence-electron chi connectivity index (χ4n) is 1.16. The van der Waals surface area contributed by atoms with Gasteiger partial charge in [-0.1, -0.05) is 6.92 Å². The van der Waals surface area contributed by atoms with Gasteiger partial charge in [-0.25, -0.2) is 0 Å². The van der Waals surface area contributed by atoms with Crippen LogP contribution in [0, 0.1) is 5.92 Å². The molecule has 2 heteroatoms. The zero-order valence-electron chi connectivity index (χ0n) is 7.35. The lowest BCUT2D eigenvalue weighted by atomic mass is 9.91. The summed E-state index contributed by atoms with van der Waals surface area (Å²) in [6.45, 7) is 8.47. The first kappa shape index (κ1) is 8.02. The van der Waals surface area contributed by atoms with Gasteiger partial charge in [0.05, 0.1) is 12.3 Å². The zero-order valence-corrected chi connectivity index (χ0v) is 7.35. The Morgan fingerprint density at radius 1 is 1.50 bits per heavy atom. The molecule has 1 aliphatic rings. The third kappa shape index (κ3) is 1.50. The Hall–Kier alpha value is -0.0800. The minimum absolute atomic E-state index is 0.0759. The summed E-state index contributed by atoms with van der Waals surface area (Å²) in [6, 6.07) is 0. The monoisotopic (exact) mass is 143 g/mol. The molecule has 1 heterocycles. The van der Waals surface area contributed by atoms with Crippen molar-refractivity contribution in [3.8, 4) is 0 Å². The summed E-state index contributed by atoms with van der Waals surface area (Å²) in [5.74, 6) is 0.631. The number of hydrogen-bond donors (Lipinski definition) is 0. The number of nitrogens with zero attached hydrogens (tertiary/aromatic N) is 1. The number of ether oxygens (including phenoxy) is 1. The molecule has 10 heavy (non-hydrogen) atoms. The maximum absolute atomic E-state index is 5.62. The summed E-state index contributed by atoms with van der Waals surface area (Å²) in [7, 11) is 2.09. The SMILES string of the molecule is C[C@H]1CN(C)COC1(C)C. The van der Waals surface area contributed by atoms with E-state index in [1.807, 2.05) is 0 Å². The largest absolute Gasteiger partial charge is 0.360 e. The van der Waals surface area contributed by atoms with Gasteiger partial charge in [0.1, 0.15) is 0 Å². The first-order chi connectivity index (χ1) is 4.52. The van der Waals surface area contributed by atoms with Gasteiger partial charge in [0.15, 0.2) is 0 Å². The highest BCUT2D eigenvalue weighted by molar-refractivity contribution is 4.80. The Balaban J connectivity index is 2.52. The van der Waals surface area contributed by atoms with E-state index in [-0.39, 0.29) is 5.60 Å². The molecule has 60 valence electrons. The first-order valence-electron chi connectivity index (χ1n) is 3.85. The van der Waals surface area contributed by atoms with Crippen molar-refractivity contribution in [2.75, 3.05) is 20.3 Å². The minimum Gasteiger partial charge on any atom is -0.360 e. The van der Waals surface area contributed by atoms with Crippen molar-refractivity contribution in [3.63, 3.8) is 0 Å². The fourth-order valence-corrected chi connectivity index (χ4v) is 1.16. The van der Waals surface area contributed by atoms with Crippen molar-refractivity contribution in [1.29, 1.82) is 0 Å². The molecule has 1 fully saturated rings. The molecule has 2 nitrogen and oxygen atoms in total. The maximum Gasteiger partial charge on any atom is 0.0995 e. The highest BCUT2D eigenvalue weighted by Gasteiger charge is 2.31. The highest BCUT2D eigenvalue weighted by atomic mass is 16.5. The lowest BCUT2D eigenvalue weighted by Gasteiger charge is -2.40. The second-order valence-electron chi connectivity index (χ2n) is 3.82. The molecule has 0 radical (unpaired) electrons. The van der Waals surface area contributed by atoms with E-state index < -0.39 is 0 Å². The molecule has 0 bridgehead atoms. The van der Waals surface area contributed by atoms with Crippen LogP contribution in [-0.4, -0.2) is 30.8 Å². The Morgan fingerprint density at radius 3 is 2.50 bits per heavy atom. The lowest BCUT2D eigenvalue weighted by Crippen LogP contribution is -2.47. The van der Waals surface area contributed by atoms with Crippen LogP contribution in [0.15, 0.2) is 0 Å². The molecule has 1 rings (SSSR count). The van der Waals surface area contributed by atoms with Gasteiger partial charge >= 0.3 is 0 Å². The van der Waals surface area contributed by atoms with Crippen LogP contribution in [0.5, 0.6) is 0 Å². The van der Waals surface area contributed by atoms with Crippen LogP contribution in [0.2, 0.25) is 0 Å². The third-order valence-corrected chi connectivity index (χ3v) is 2.43. The van der Waals surface area contributed by atoms with Crippen molar-refractivity contribution < 1.29 is 4.74 Å². The normalized spacial score (nSPS) is 34.2. The van der Waals surface area contributed by atoms with Gasteiger partial charge in [0.25, 0.3) is 0 Å². The molecule has 0 saturated carbocycles. The molecule has 0 spiro atoms. The summed E-state index contributed by atoms with van der Waals surface area (Å²) < 4.78 is 5.62. The summed E-state index contributed by atoms with van der Waals surface area (Å²) in [5, 5.41) is 0. The molecule has 0 unspecified atom stereocenters. The van der Waals surface area contributed by atoms with Crippen LogP contribution < -0.4 is 0 Å². The van der Waals surface area contributed by atoms with Gasteiger partial charge in [0.2, 0.25) is 0 Å². The van der Waals surface area contributed by atoms with Crippen LogP contribution in [0.25, 0.3) is 0 Å². The van der Waals surface area contributed by atoms with E-state index >= 15 is 0 Å². The van der Waals surface area contributed by atoms with E-state index in [1.54, 1.807) is 0 Å². The smallest absolute Gasteiger partial charge is 0.0995 e. The number of rotatable bonds is 0. The van der Waals surface area contributed by atoms with E-state index in [2.05, 4.69) is 32.7 Å². The second-order valence-corrected chi connectivity index (χ2v) is 3.82. The summed E-state index contributed by atoms with van der Waals surface area (Å²) in [4.78, 5) is 2.20. The van der Waals surface area contributed by atoms with Crippen LogP contribution in [-0.2, 0) is 4.74 Å². The van der Waals surface area contributed by atoms with Gasteiger partial charge in [-0.05, 0) is 26.8 Å². The fraction of sp³-hybridized carbons (Fsp3) is 1.00. The van der Waals surface area contributed by atoms with Gasteiger partial charge in [-0.3, -0.25) is 4.90 Å². The zero-order chi connectivity index (χ0) is 7.78. The summed E-state index contributed by atoms with van der Waals surface area (Å²) in [6.07, 6.45) is 0. The van der Waals surface area contributed by atoms with E-state index in [1.165, 1.54) is 0 Å². The van der Waals surface area contributed by atoms with Crippen LogP contribution in [0.1, 0.15) is 20.8 Å². The average Bonchev–Trinajstić information content (AvgIpc) is 1.81. The molecule has 0 aromatic carbocycles. The van der Waals surface area contributed by atoms with Crippen molar-refractivity contribution >= 4 is 0 Å². The standard InChI is InChI=1S/C8H17NO/c1-7-5-9(4)6-10-8(7,2)3/h7H,5-6H2,1-4H3/t7-/m0/s1. The average molecular weight is 143 g/mol. The summed E-state index contributed by atoms with van der Waals surface area (Å²) >= 11 is 0. The third-order valence-electron chi connectivity index (χ3n) is 2.43. The Bertz CT molecular complexity index is 122. The molecule has 1 saturated heterocycles. The molecule has 0 aliphatic carbocycles. The van der Waals surface area contributed by atoms with Crippen LogP contribution >= 0.6 is 0 Å². The molecular weight excluding hydrogens is 126 g/mol. The van der Waals surface area contributed by atoms with Crippen molar-refractivity contribution in [2.24, 2.45) is 5.92 Å². The van der Waals surface area contributed by atoms with Gasteiger partial charge in [-0.2, -0.15) is 0 Å². The van der Waals surface area contributed by atoms with E-state index in [4.69, 9.17) is 4.74 Å².